The second-order valence-corrected chi connectivity index (χ2v) is 5.45. The minimum Gasteiger partial charge on any atom is -0.445 e. The van der Waals surface area contributed by atoms with Gasteiger partial charge in [0.1, 0.15) is 19.0 Å². The first-order valence-corrected chi connectivity index (χ1v) is 7.61. The van der Waals surface area contributed by atoms with Crippen molar-refractivity contribution < 1.29 is 14.3 Å². The molecule has 124 valence electrons. The molecule has 1 saturated heterocycles. The highest BCUT2D eigenvalue weighted by Gasteiger charge is 2.29. The number of nitrogens with zero attached hydrogens (tertiary/aromatic N) is 3. The molecule has 0 unspecified atom stereocenters. The van der Waals surface area contributed by atoms with Crippen LogP contribution in [0.1, 0.15) is 5.56 Å². The summed E-state index contributed by atoms with van der Waals surface area (Å²) in [5.74, 6) is 0.221. The second kappa shape index (κ2) is 6.99. The molecule has 1 fully saturated rings. The van der Waals surface area contributed by atoms with Gasteiger partial charge in [-0.1, -0.05) is 30.3 Å². The van der Waals surface area contributed by atoms with Gasteiger partial charge >= 0.3 is 6.09 Å². The first kappa shape index (κ1) is 15.8. The molecule has 0 radical (unpaired) electrons. The number of aromatic nitrogens is 1. The third-order valence-electron chi connectivity index (χ3n) is 3.77. The largest absolute Gasteiger partial charge is 0.445 e. The van der Waals surface area contributed by atoms with E-state index in [2.05, 4.69) is 4.98 Å². The van der Waals surface area contributed by atoms with Crippen molar-refractivity contribution in [1.29, 1.82) is 0 Å². The van der Waals surface area contributed by atoms with Crippen LogP contribution in [0.15, 0.2) is 48.7 Å². The molecule has 1 aliphatic rings. The lowest BCUT2D eigenvalue weighted by Gasteiger charge is -2.33. The lowest BCUT2D eigenvalue weighted by Crippen LogP contribution is -2.52. The van der Waals surface area contributed by atoms with E-state index in [9.17, 15) is 9.59 Å². The van der Waals surface area contributed by atoms with Crippen molar-refractivity contribution >= 4 is 23.5 Å². The summed E-state index contributed by atoms with van der Waals surface area (Å²) in [6, 6.07) is 12.8. The molecule has 2 N–H and O–H groups in total. The number of nitrogen functional groups attached to an aromatic ring is 1. The predicted octanol–water partition coefficient (Wildman–Crippen LogP) is 1.65. The van der Waals surface area contributed by atoms with Gasteiger partial charge in [-0.05, 0) is 17.7 Å². The van der Waals surface area contributed by atoms with E-state index in [0.29, 0.717) is 24.6 Å². The normalized spacial score (nSPS) is 14.6. The smallest absolute Gasteiger partial charge is 0.410 e. The van der Waals surface area contributed by atoms with Gasteiger partial charge in [-0.25, -0.2) is 9.78 Å². The summed E-state index contributed by atoms with van der Waals surface area (Å²) in [6.07, 6.45) is 1.07. The molecule has 3 rings (SSSR count). The molecule has 0 bridgehead atoms. The Morgan fingerprint density at radius 3 is 2.62 bits per heavy atom. The fraction of sp³-hybridized carbons (Fsp3) is 0.235. The van der Waals surface area contributed by atoms with Crippen molar-refractivity contribution in [2.45, 2.75) is 6.61 Å². The van der Waals surface area contributed by atoms with E-state index in [4.69, 9.17) is 10.5 Å². The monoisotopic (exact) mass is 326 g/mol. The van der Waals surface area contributed by atoms with E-state index in [0.717, 1.165) is 5.56 Å². The molecule has 0 atom stereocenters. The first-order chi connectivity index (χ1) is 11.6. The molecule has 1 aromatic heterocycles. The third-order valence-corrected chi connectivity index (χ3v) is 3.77. The standard InChI is InChI=1S/C17H18N4O3/c18-15-7-6-14(10-19-15)21-9-8-20(11-16(21)22)17(23)24-12-13-4-2-1-3-5-13/h1-7,10H,8-9,11-12H2,(H2,18,19). The Bertz CT molecular complexity index is 718. The molecule has 7 nitrogen and oxygen atoms in total. The van der Waals surface area contributed by atoms with Crippen LogP contribution in [-0.2, 0) is 16.1 Å². The lowest BCUT2D eigenvalue weighted by molar-refractivity contribution is -0.120. The molecule has 0 aliphatic carbocycles. The summed E-state index contributed by atoms with van der Waals surface area (Å²) < 4.78 is 5.26. The average Bonchev–Trinajstić information content (AvgIpc) is 2.61. The van der Waals surface area contributed by atoms with Gasteiger partial charge in [0, 0.05) is 13.1 Å². The summed E-state index contributed by atoms with van der Waals surface area (Å²) in [5, 5.41) is 0. The van der Waals surface area contributed by atoms with Crippen LogP contribution in [0.2, 0.25) is 0 Å². The summed E-state index contributed by atoms with van der Waals surface area (Å²) in [5.41, 5.74) is 7.13. The highest BCUT2D eigenvalue weighted by molar-refractivity contribution is 5.97. The number of rotatable bonds is 3. The van der Waals surface area contributed by atoms with Crippen molar-refractivity contribution in [3.63, 3.8) is 0 Å². The summed E-state index contributed by atoms with van der Waals surface area (Å²) in [6.45, 7) is 0.975. The average molecular weight is 326 g/mol. The summed E-state index contributed by atoms with van der Waals surface area (Å²) in [7, 11) is 0. The van der Waals surface area contributed by atoms with E-state index in [1.807, 2.05) is 30.3 Å². The van der Waals surface area contributed by atoms with E-state index in [-0.39, 0.29) is 19.1 Å². The van der Waals surface area contributed by atoms with Gasteiger partial charge in [0.15, 0.2) is 0 Å². The zero-order valence-corrected chi connectivity index (χ0v) is 13.1. The van der Waals surface area contributed by atoms with Gasteiger partial charge in [-0.15, -0.1) is 0 Å². The number of carbonyl (C=O) groups is 2. The Morgan fingerprint density at radius 1 is 1.17 bits per heavy atom. The third kappa shape index (κ3) is 3.62. The maximum atomic E-state index is 12.3. The Kier molecular flexibility index (Phi) is 4.60. The molecule has 2 aromatic rings. The SMILES string of the molecule is Nc1ccc(N2CCN(C(=O)OCc3ccccc3)CC2=O)cn1. The quantitative estimate of drug-likeness (QED) is 0.926. The van der Waals surface area contributed by atoms with Crippen LogP contribution in [0.5, 0.6) is 0 Å². The minimum absolute atomic E-state index is 0.0159. The summed E-state index contributed by atoms with van der Waals surface area (Å²) in [4.78, 5) is 31.4. The maximum Gasteiger partial charge on any atom is 0.410 e. The molecule has 7 heteroatoms. The maximum absolute atomic E-state index is 12.3. The van der Waals surface area contributed by atoms with Crippen molar-refractivity contribution in [2.75, 3.05) is 30.3 Å². The Hall–Kier alpha value is -3.09. The summed E-state index contributed by atoms with van der Waals surface area (Å²) >= 11 is 0. The molecule has 0 saturated carbocycles. The highest BCUT2D eigenvalue weighted by atomic mass is 16.6. The van der Waals surface area contributed by atoms with Gasteiger partial charge in [0.2, 0.25) is 5.91 Å². The van der Waals surface area contributed by atoms with Crippen molar-refractivity contribution in [1.82, 2.24) is 9.88 Å². The molecular formula is C17H18N4O3. The number of benzene rings is 1. The van der Waals surface area contributed by atoms with Crippen LogP contribution >= 0.6 is 0 Å². The Morgan fingerprint density at radius 2 is 1.96 bits per heavy atom. The number of piperazine rings is 1. The number of pyridine rings is 1. The number of hydrogen-bond donors (Lipinski definition) is 1. The number of carbonyl (C=O) groups excluding carboxylic acids is 2. The molecule has 1 aromatic carbocycles. The number of amides is 2. The van der Waals surface area contributed by atoms with Crippen LogP contribution in [0.3, 0.4) is 0 Å². The van der Waals surface area contributed by atoms with Gasteiger partial charge in [-0.2, -0.15) is 0 Å². The molecular weight excluding hydrogens is 308 g/mol. The highest BCUT2D eigenvalue weighted by Crippen LogP contribution is 2.17. The fourth-order valence-electron chi connectivity index (χ4n) is 2.47. The van der Waals surface area contributed by atoms with Crippen LogP contribution in [0.4, 0.5) is 16.3 Å². The van der Waals surface area contributed by atoms with Crippen LogP contribution in [-0.4, -0.2) is 41.5 Å². The van der Waals surface area contributed by atoms with E-state index in [1.54, 1.807) is 23.2 Å². The minimum atomic E-state index is -0.484. The molecule has 24 heavy (non-hydrogen) atoms. The number of hydrogen-bond acceptors (Lipinski definition) is 5. The Balaban J connectivity index is 1.55. The number of ether oxygens (including phenoxy) is 1. The number of nitrogens with two attached hydrogens (primary N) is 1. The van der Waals surface area contributed by atoms with Gasteiger partial charge in [0.05, 0.1) is 11.9 Å². The van der Waals surface area contributed by atoms with Gasteiger partial charge in [-0.3, -0.25) is 9.69 Å². The molecule has 0 spiro atoms. The number of anilines is 2. The van der Waals surface area contributed by atoms with Gasteiger partial charge in [0.25, 0.3) is 0 Å². The molecule has 2 heterocycles. The Labute approximate surface area is 139 Å². The van der Waals surface area contributed by atoms with Crippen molar-refractivity contribution in [3.8, 4) is 0 Å². The van der Waals surface area contributed by atoms with Crippen molar-refractivity contribution in [2.24, 2.45) is 0 Å². The van der Waals surface area contributed by atoms with E-state index >= 15 is 0 Å². The fourth-order valence-corrected chi connectivity index (χ4v) is 2.47. The zero-order chi connectivity index (χ0) is 16.9. The molecule has 1 aliphatic heterocycles. The molecule has 2 amide bonds. The van der Waals surface area contributed by atoms with E-state index in [1.165, 1.54) is 4.90 Å². The second-order valence-electron chi connectivity index (χ2n) is 5.45. The van der Waals surface area contributed by atoms with Crippen LogP contribution in [0.25, 0.3) is 0 Å². The van der Waals surface area contributed by atoms with Crippen molar-refractivity contribution in [3.05, 3.63) is 54.2 Å². The van der Waals surface area contributed by atoms with Crippen LogP contribution < -0.4 is 10.6 Å². The first-order valence-electron chi connectivity index (χ1n) is 7.61. The topological polar surface area (TPSA) is 88.8 Å². The zero-order valence-electron chi connectivity index (χ0n) is 13.1. The van der Waals surface area contributed by atoms with Crippen LogP contribution in [0, 0.1) is 0 Å². The lowest BCUT2D eigenvalue weighted by atomic mass is 10.2. The predicted molar refractivity (Wildman–Crippen MR) is 89.2 cm³/mol. The van der Waals surface area contributed by atoms with E-state index < -0.39 is 6.09 Å². The van der Waals surface area contributed by atoms with Gasteiger partial charge < -0.3 is 15.4 Å².